The molecule has 0 radical (unpaired) electrons. The van der Waals surface area contributed by atoms with Crippen LogP contribution in [0.1, 0.15) is 24.3 Å². The van der Waals surface area contributed by atoms with Gasteiger partial charge in [-0.15, -0.1) is 0 Å². The number of benzene rings is 1. The molecular weight excluding hydrogens is 254 g/mol. The van der Waals surface area contributed by atoms with Crippen LogP contribution in [0.5, 0.6) is 5.75 Å². The highest BCUT2D eigenvalue weighted by molar-refractivity contribution is 9.10. The molecule has 0 bridgehead atoms. The molecule has 1 aliphatic rings. The van der Waals surface area contributed by atoms with Crippen LogP contribution in [0.15, 0.2) is 22.7 Å². The van der Waals surface area contributed by atoms with Crippen LogP contribution in [0.3, 0.4) is 0 Å². The molecule has 1 heterocycles. The molecule has 2 nitrogen and oxygen atoms in total. The van der Waals surface area contributed by atoms with Gasteiger partial charge in [0, 0.05) is 16.0 Å². The Bertz CT molecular complexity index is 340. The Balaban J connectivity index is 2.07. The Labute approximate surface area is 99.1 Å². The number of fused-ring (bicyclic) bond motifs is 1. The molecule has 0 aliphatic carbocycles. The zero-order chi connectivity index (χ0) is 10.7. The summed E-state index contributed by atoms with van der Waals surface area (Å²) in [4.78, 5) is 0. The van der Waals surface area contributed by atoms with Crippen molar-refractivity contribution in [3.05, 3.63) is 28.2 Å². The van der Waals surface area contributed by atoms with Crippen LogP contribution in [-0.2, 0) is 0 Å². The average molecular weight is 270 g/mol. The van der Waals surface area contributed by atoms with Crippen molar-refractivity contribution >= 4 is 15.9 Å². The average Bonchev–Trinajstić information content (AvgIpc) is 2.63. The molecule has 1 aromatic carbocycles. The molecule has 1 unspecified atom stereocenters. The zero-order valence-corrected chi connectivity index (χ0v) is 10.5. The first-order valence-electron chi connectivity index (χ1n) is 5.38. The lowest BCUT2D eigenvalue weighted by Crippen LogP contribution is -2.10. The molecule has 0 spiro atoms. The van der Waals surface area contributed by atoms with Gasteiger partial charge in [0.1, 0.15) is 5.75 Å². The summed E-state index contributed by atoms with van der Waals surface area (Å²) in [5.74, 6) is 1.61. The van der Waals surface area contributed by atoms with Gasteiger partial charge in [0.2, 0.25) is 0 Å². The fraction of sp³-hybridized carbons (Fsp3) is 0.500. The normalized spacial score (nSPS) is 18.7. The minimum absolute atomic E-state index is 0.559. The smallest absolute Gasteiger partial charge is 0.124 e. The number of ether oxygens (including phenoxy) is 1. The van der Waals surface area contributed by atoms with Crippen LogP contribution in [0.25, 0.3) is 0 Å². The summed E-state index contributed by atoms with van der Waals surface area (Å²) in [6.07, 6.45) is 2.39. The van der Waals surface area contributed by atoms with Gasteiger partial charge in [-0.3, -0.25) is 0 Å². The molecule has 1 N–H and O–H groups in total. The summed E-state index contributed by atoms with van der Waals surface area (Å²) in [6, 6.07) is 6.18. The maximum absolute atomic E-state index is 5.67. The van der Waals surface area contributed by atoms with Crippen molar-refractivity contribution in [3.63, 3.8) is 0 Å². The lowest BCUT2D eigenvalue weighted by molar-refractivity contribution is 0.323. The molecule has 15 heavy (non-hydrogen) atoms. The van der Waals surface area contributed by atoms with E-state index in [1.807, 2.05) is 13.1 Å². The van der Waals surface area contributed by atoms with Gasteiger partial charge >= 0.3 is 0 Å². The van der Waals surface area contributed by atoms with Crippen molar-refractivity contribution in [1.82, 2.24) is 5.32 Å². The van der Waals surface area contributed by atoms with Gasteiger partial charge in [0.05, 0.1) is 6.61 Å². The van der Waals surface area contributed by atoms with Crippen LogP contribution >= 0.6 is 15.9 Å². The van der Waals surface area contributed by atoms with E-state index in [-0.39, 0.29) is 0 Å². The van der Waals surface area contributed by atoms with Gasteiger partial charge in [-0.2, -0.15) is 0 Å². The number of halogens is 1. The Kier molecular flexibility index (Phi) is 3.65. The van der Waals surface area contributed by atoms with Gasteiger partial charge in [0.25, 0.3) is 0 Å². The van der Waals surface area contributed by atoms with Crippen LogP contribution in [0.4, 0.5) is 0 Å². The summed E-state index contributed by atoms with van der Waals surface area (Å²) in [5, 5.41) is 3.18. The molecule has 82 valence electrons. The van der Waals surface area contributed by atoms with Crippen molar-refractivity contribution < 1.29 is 4.74 Å². The fourth-order valence-corrected chi connectivity index (χ4v) is 2.74. The largest absolute Gasteiger partial charge is 0.493 e. The van der Waals surface area contributed by atoms with E-state index in [2.05, 4.69) is 33.4 Å². The highest BCUT2D eigenvalue weighted by atomic mass is 79.9. The molecule has 1 aliphatic heterocycles. The van der Waals surface area contributed by atoms with E-state index in [0.29, 0.717) is 5.92 Å². The Hall–Kier alpha value is -0.540. The van der Waals surface area contributed by atoms with E-state index in [1.54, 1.807) is 0 Å². The molecule has 2 rings (SSSR count). The molecule has 0 fully saturated rings. The van der Waals surface area contributed by atoms with Crippen LogP contribution in [-0.4, -0.2) is 20.2 Å². The Morgan fingerprint density at radius 2 is 2.40 bits per heavy atom. The minimum atomic E-state index is 0.559. The third kappa shape index (κ3) is 2.34. The first-order chi connectivity index (χ1) is 7.33. The van der Waals surface area contributed by atoms with Gasteiger partial charge in [-0.25, -0.2) is 0 Å². The SMILES string of the molecule is CNCCCC1COc2cccc(Br)c21. The highest BCUT2D eigenvalue weighted by Crippen LogP contribution is 2.40. The van der Waals surface area contributed by atoms with Crippen molar-refractivity contribution in [3.8, 4) is 5.75 Å². The van der Waals surface area contributed by atoms with Crippen LogP contribution < -0.4 is 10.1 Å². The van der Waals surface area contributed by atoms with E-state index < -0.39 is 0 Å². The van der Waals surface area contributed by atoms with E-state index in [9.17, 15) is 0 Å². The quantitative estimate of drug-likeness (QED) is 0.849. The van der Waals surface area contributed by atoms with Crippen LogP contribution in [0, 0.1) is 0 Å². The summed E-state index contributed by atoms with van der Waals surface area (Å²) in [6.45, 7) is 1.91. The van der Waals surface area contributed by atoms with Crippen molar-refractivity contribution in [2.75, 3.05) is 20.2 Å². The zero-order valence-electron chi connectivity index (χ0n) is 8.92. The van der Waals surface area contributed by atoms with E-state index in [4.69, 9.17) is 4.74 Å². The minimum Gasteiger partial charge on any atom is -0.493 e. The summed E-state index contributed by atoms with van der Waals surface area (Å²) in [7, 11) is 2.00. The van der Waals surface area contributed by atoms with E-state index in [0.717, 1.165) is 18.9 Å². The Morgan fingerprint density at radius 3 is 3.20 bits per heavy atom. The van der Waals surface area contributed by atoms with Gasteiger partial charge in [0.15, 0.2) is 0 Å². The molecule has 0 saturated carbocycles. The maximum Gasteiger partial charge on any atom is 0.124 e. The molecule has 1 aromatic rings. The number of nitrogens with one attached hydrogen (secondary N) is 1. The monoisotopic (exact) mass is 269 g/mol. The van der Waals surface area contributed by atoms with Gasteiger partial charge in [-0.1, -0.05) is 22.0 Å². The lowest BCUT2D eigenvalue weighted by Gasteiger charge is -2.09. The van der Waals surface area contributed by atoms with Crippen molar-refractivity contribution in [2.24, 2.45) is 0 Å². The molecular formula is C12H16BrNO. The van der Waals surface area contributed by atoms with Crippen molar-refractivity contribution in [2.45, 2.75) is 18.8 Å². The van der Waals surface area contributed by atoms with Gasteiger partial charge in [-0.05, 0) is 38.6 Å². The predicted molar refractivity (Wildman–Crippen MR) is 65.5 cm³/mol. The summed E-state index contributed by atoms with van der Waals surface area (Å²) >= 11 is 3.60. The Morgan fingerprint density at radius 1 is 1.53 bits per heavy atom. The summed E-state index contributed by atoms with van der Waals surface area (Å²) < 4.78 is 6.86. The fourth-order valence-electron chi connectivity index (χ4n) is 2.07. The molecule has 0 amide bonds. The number of hydrogen-bond acceptors (Lipinski definition) is 2. The topological polar surface area (TPSA) is 21.3 Å². The van der Waals surface area contributed by atoms with Gasteiger partial charge < -0.3 is 10.1 Å². The number of hydrogen-bond donors (Lipinski definition) is 1. The molecule has 3 heteroatoms. The van der Waals surface area contributed by atoms with E-state index >= 15 is 0 Å². The first-order valence-corrected chi connectivity index (χ1v) is 6.18. The third-order valence-electron chi connectivity index (χ3n) is 2.84. The summed E-state index contributed by atoms with van der Waals surface area (Å²) in [5.41, 5.74) is 1.36. The molecule has 0 saturated heterocycles. The molecule has 1 atom stereocenters. The van der Waals surface area contributed by atoms with E-state index in [1.165, 1.54) is 22.9 Å². The molecule has 0 aromatic heterocycles. The third-order valence-corrected chi connectivity index (χ3v) is 3.53. The maximum atomic E-state index is 5.67. The first kappa shape index (κ1) is 11.0. The second kappa shape index (κ2) is 4.99. The highest BCUT2D eigenvalue weighted by Gasteiger charge is 2.25. The second-order valence-corrected chi connectivity index (χ2v) is 4.76. The lowest BCUT2D eigenvalue weighted by atomic mass is 9.96. The predicted octanol–water partition coefficient (Wildman–Crippen LogP) is 2.92. The van der Waals surface area contributed by atoms with Crippen LogP contribution in [0.2, 0.25) is 0 Å². The second-order valence-electron chi connectivity index (χ2n) is 3.91. The van der Waals surface area contributed by atoms with Crippen molar-refractivity contribution in [1.29, 1.82) is 0 Å². The standard InChI is InChI=1S/C12H16BrNO/c1-14-7-3-4-9-8-15-11-6-2-5-10(13)12(9)11/h2,5-6,9,14H,3-4,7-8H2,1H3. The number of rotatable bonds is 4.